The number of ether oxygens (including phenoxy) is 2. The first-order chi connectivity index (χ1) is 14.3. The molecule has 0 aliphatic carbocycles. The fourth-order valence-corrected chi connectivity index (χ4v) is 2.30. The van der Waals surface area contributed by atoms with E-state index in [1.165, 1.54) is 36.4 Å². The maximum absolute atomic E-state index is 13.4. The highest BCUT2D eigenvalue weighted by molar-refractivity contribution is 6.30. The molecular formula is C19H12ClF7O4. The van der Waals surface area contributed by atoms with Crippen LogP contribution in [-0.2, 0) is 14.3 Å². The van der Waals surface area contributed by atoms with Crippen molar-refractivity contribution in [3.8, 4) is 0 Å². The first-order valence-corrected chi connectivity index (χ1v) is 8.64. The number of esters is 2. The zero-order chi connectivity index (χ0) is 23.4. The van der Waals surface area contributed by atoms with Gasteiger partial charge in [0, 0.05) is 10.6 Å². The lowest BCUT2D eigenvalue weighted by molar-refractivity contribution is -0.360. The summed E-state index contributed by atoms with van der Waals surface area (Å²) in [5, 5.41) is 0.182. The summed E-state index contributed by atoms with van der Waals surface area (Å²) < 4.78 is 98.4. The number of alkyl halides is 7. The highest BCUT2D eigenvalue weighted by atomic mass is 35.5. The Balaban J connectivity index is 2.24. The second-order valence-electron chi connectivity index (χ2n) is 6.09. The molecule has 2 aromatic rings. The van der Waals surface area contributed by atoms with Crippen LogP contribution in [0.5, 0.6) is 0 Å². The molecule has 0 aliphatic rings. The van der Waals surface area contributed by atoms with Gasteiger partial charge in [-0.25, -0.2) is 9.59 Å². The minimum absolute atomic E-state index is 0.0526. The highest BCUT2D eigenvalue weighted by Crippen LogP contribution is 2.46. The molecule has 0 amide bonds. The molecule has 0 saturated carbocycles. The van der Waals surface area contributed by atoms with E-state index in [1.54, 1.807) is 6.07 Å². The summed E-state index contributed by atoms with van der Waals surface area (Å²) in [4.78, 5) is 24.4. The van der Waals surface area contributed by atoms with Crippen molar-refractivity contribution in [2.45, 2.75) is 24.1 Å². The molecule has 0 bridgehead atoms. The summed E-state index contributed by atoms with van der Waals surface area (Å²) in [6, 6.07) is 11.8. The van der Waals surface area contributed by atoms with Gasteiger partial charge in [-0.3, -0.25) is 0 Å². The number of hydrogen-bond donors (Lipinski definition) is 0. The quantitative estimate of drug-likeness (QED) is 0.388. The van der Waals surface area contributed by atoms with Crippen LogP contribution in [0.25, 0.3) is 0 Å². The lowest BCUT2D eigenvalue weighted by Crippen LogP contribution is -2.54. The van der Waals surface area contributed by atoms with Gasteiger partial charge in [0.1, 0.15) is 0 Å². The first-order valence-electron chi connectivity index (χ1n) is 8.27. The van der Waals surface area contributed by atoms with Crippen molar-refractivity contribution in [3.63, 3.8) is 0 Å². The van der Waals surface area contributed by atoms with Crippen LogP contribution in [-0.4, -0.2) is 36.6 Å². The highest BCUT2D eigenvalue weighted by Gasteiger charge is 2.73. The third-order valence-corrected chi connectivity index (χ3v) is 4.08. The van der Waals surface area contributed by atoms with Crippen LogP contribution in [0.1, 0.15) is 22.0 Å². The molecule has 31 heavy (non-hydrogen) atoms. The maximum atomic E-state index is 13.4. The Kier molecular flexibility index (Phi) is 7.20. The molecule has 0 radical (unpaired) electrons. The molecule has 12 heteroatoms. The monoisotopic (exact) mass is 472 g/mol. The van der Waals surface area contributed by atoms with Crippen molar-refractivity contribution in [3.05, 3.63) is 70.7 Å². The van der Waals surface area contributed by atoms with E-state index in [-0.39, 0.29) is 16.1 Å². The number of benzene rings is 2. The van der Waals surface area contributed by atoms with E-state index in [0.29, 0.717) is 0 Å². The Hall–Kier alpha value is -2.82. The van der Waals surface area contributed by atoms with E-state index >= 15 is 0 Å². The zero-order valence-electron chi connectivity index (χ0n) is 15.1. The Morgan fingerprint density at radius 2 is 1.42 bits per heavy atom. The van der Waals surface area contributed by atoms with Crippen molar-refractivity contribution in [1.82, 2.24) is 0 Å². The topological polar surface area (TPSA) is 52.6 Å². The standard InChI is InChI=1S/C19H12ClF7O4/c20-13-8-6-11(7-9-13)14(31-15(28)12-4-2-1-3-5-12)16(29)30-10-17(21,22)18(23,24)19(25,26)27/h1-9,14H,10H2. The molecule has 2 rings (SSSR count). The molecule has 0 N–H and O–H groups in total. The SMILES string of the molecule is O=C(OC(C(=O)OCC(F)(F)C(F)(F)C(F)(F)F)c1ccc(Cl)cc1)c1ccccc1. The summed E-state index contributed by atoms with van der Waals surface area (Å²) in [7, 11) is 0. The molecule has 2 aromatic carbocycles. The van der Waals surface area contributed by atoms with E-state index in [1.807, 2.05) is 0 Å². The molecule has 0 fully saturated rings. The first kappa shape index (κ1) is 24.4. The fourth-order valence-electron chi connectivity index (χ4n) is 2.17. The lowest BCUT2D eigenvalue weighted by atomic mass is 10.1. The average molecular weight is 473 g/mol. The van der Waals surface area contributed by atoms with E-state index < -0.39 is 42.7 Å². The van der Waals surface area contributed by atoms with Crippen molar-refractivity contribution < 1.29 is 49.8 Å². The molecular weight excluding hydrogens is 461 g/mol. The molecule has 0 spiro atoms. The maximum Gasteiger partial charge on any atom is 0.460 e. The second-order valence-corrected chi connectivity index (χ2v) is 6.52. The van der Waals surface area contributed by atoms with Gasteiger partial charge < -0.3 is 9.47 Å². The molecule has 4 nitrogen and oxygen atoms in total. The Morgan fingerprint density at radius 3 is 1.94 bits per heavy atom. The minimum Gasteiger partial charge on any atom is -0.456 e. The lowest BCUT2D eigenvalue weighted by Gasteiger charge is -2.28. The Bertz CT molecular complexity index is 915. The third kappa shape index (κ3) is 5.66. The number of halogens is 8. The zero-order valence-corrected chi connectivity index (χ0v) is 15.9. The Labute approximate surface area is 175 Å². The van der Waals surface area contributed by atoms with Gasteiger partial charge in [-0.15, -0.1) is 0 Å². The van der Waals surface area contributed by atoms with Gasteiger partial charge in [0.05, 0.1) is 5.56 Å². The van der Waals surface area contributed by atoms with Gasteiger partial charge in [0.15, 0.2) is 6.61 Å². The van der Waals surface area contributed by atoms with Gasteiger partial charge in [-0.1, -0.05) is 41.9 Å². The number of rotatable bonds is 7. The third-order valence-electron chi connectivity index (χ3n) is 3.83. The van der Waals surface area contributed by atoms with Gasteiger partial charge in [0.25, 0.3) is 0 Å². The number of hydrogen-bond acceptors (Lipinski definition) is 4. The smallest absolute Gasteiger partial charge is 0.456 e. The fraction of sp³-hybridized carbons (Fsp3) is 0.263. The van der Waals surface area contributed by atoms with Crippen molar-refractivity contribution >= 4 is 23.5 Å². The molecule has 0 aromatic heterocycles. The van der Waals surface area contributed by atoms with Crippen LogP contribution < -0.4 is 0 Å². The van der Waals surface area contributed by atoms with Gasteiger partial charge in [0.2, 0.25) is 6.10 Å². The minimum atomic E-state index is -6.59. The van der Waals surface area contributed by atoms with Gasteiger partial charge in [-0.05, 0) is 24.3 Å². The number of carbonyl (C=O) groups is 2. The van der Waals surface area contributed by atoms with E-state index in [4.69, 9.17) is 16.3 Å². The van der Waals surface area contributed by atoms with Crippen LogP contribution in [0.15, 0.2) is 54.6 Å². The Morgan fingerprint density at radius 1 is 0.871 bits per heavy atom. The summed E-state index contributed by atoms with van der Waals surface area (Å²) >= 11 is 5.70. The van der Waals surface area contributed by atoms with Crippen LogP contribution in [0.3, 0.4) is 0 Å². The van der Waals surface area contributed by atoms with Crippen LogP contribution in [0.2, 0.25) is 5.02 Å². The predicted molar refractivity (Wildman–Crippen MR) is 93.0 cm³/mol. The summed E-state index contributed by atoms with van der Waals surface area (Å²) in [5.74, 6) is -15.1. The largest absolute Gasteiger partial charge is 0.460 e. The normalized spacial score (nSPS) is 13.4. The number of carbonyl (C=O) groups excluding carboxylic acids is 2. The van der Waals surface area contributed by atoms with Crippen molar-refractivity contribution in [2.75, 3.05) is 6.61 Å². The summed E-state index contributed by atoms with van der Waals surface area (Å²) in [6.45, 7) is -2.61. The van der Waals surface area contributed by atoms with E-state index in [0.717, 1.165) is 12.1 Å². The molecule has 0 heterocycles. The van der Waals surface area contributed by atoms with Crippen LogP contribution in [0.4, 0.5) is 30.7 Å². The second kappa shape index (κ2) is 9.13. The van der Waals surface area contributed by atoms with Crippen LogP contribution in [0, 0.1) is 0 Å². The summed E-state index contributed by atoms with van der Waals surface area (Å²) in [6.07, 6.45) is -8.63. The molecule has 0 saturated heterocycles. The van der Waals surface area contributed by atoms with Crippen molar-refractivity contribution in [2.24, 2.45) is 0 Å². The predicted octanol–water partition coefficient (Wildman–Crippen LogP) is 5.61. The van der Waals surface area contributed by atoms with E-state index in [9.17, 15) is 40.3 Å². The average Bonchev–Trinajstić information content (AvgIpc) is 2.70. The van der Waals surface area contributed by atoms with Crippen LogP contribution >= 0.6 is 11.6 Å². The molecule has 0 aliphatic heterocycles. The van der Waals surface area contributed by atoms with Gasteiger partial charge >= 0.3 is 30.0 Å². The van der Waals surface area contributed by atoms with Crippen molar-refractivity contribution in [1.29, 1.82) is 0 Å². The van der Waals surface area contributed by atoms with E-state index in [2.05, 4.69) is 4.74 Å². The summed E-state index contributed by atoms with van der Waals surface area (Å²) in [5.41, 5.74) is -0.201. The van der Waals surface area contributed by atoms with Gasteiger partial charge in [-0.2, -0.15) is 30.7 Å². The molecule has 1 unspecified atom stereocenters. The molecule has 1 atom stereocenters. The molecule has 168 valence electrons.